The molecule has 18 heavy (non-hydrogen) atoms. The van der Waals surface area contributed by atoms with Crippen LogP contribution in [0.4, 0.5) is 5.69 Å². The Hall–Kier alpha value is -2.49. The highest BCUT2D eigenvalue weighted by molar-refractivity contribution is 5.79. The number of nitrogen functional groups attached to an aromatic ring is 1. The molecule has 0 spiro atoms. The first-order valence-electron chi connectivity index (χ1n) is 5.58. The van der Waals surface area contributed by atoms with E-state index in [1.165, 1.54) is 0 Å². The van der Waals surface area contributed by atoms with Crippen LogP contribution >= 0.6 is 0 Å². The number of benzene rings is 2. The fourth-order valence-corrected chi connectivity index (χ4v) is 1.94. The number of anilines is 1. The molecule has 0 aliphatic rings. The molecular weight excluding hydrogens is 228 g/mol. The number of hydrogen-bond donors (Lipinski definition) is 1. The molecule has 3 aromatic rings. The standard InChI is InChI=1S/C14H12N2O2/c1-17-13-9(5-4-6-10(13)15)14-16-11-7-2-3-8-12(11)18-14/h2-8H,15H2,1H3. The number of methoxy groups -OCH3 is 1. The third kappa shape index (κ3) is 1.59. The molecule has 0 unspecified atom stereocenters. The number of hydrogen-bond acceptors (Lipinski definition) is 4. The minimum atomic E-state index is 0.514. The number of nitrogens with zero attached hydrogens (tertiary/aromatic N) is 1. The van der Waals surface area contributed by atoms with Gasteiger partial charge in [-0.15, -0.1) is 0 Å². The quantitative estimate of drug-likeness (QED) is 0.699. The van der Waals surface area contributed by atoms with E-state index in [1.807, 2.05) is 36.4 Å². The van der Waals surface area contributed by atoms with Gasteiger partial charge in [0.1, 0.15) is 5.52 Å². The number of para-hydroxylation sites is 3. The lowest BCUT2D eigenvalue weighted by Crippen LogP contribution is -1.94. The maximum atomic E-state index is 5.87. The average Bonchev–Trinajstić information content (AvgIpc) is 2.82. The normalized spacial score (nSPS) is 10.7. The van der Waals surface area contributed by atoms with E-state index in [4.69, 9.17) is 14.9 Å². The molecule has 0 amide bonds. The fraction of sp³-hybridized carbons (Fsp3) is 0.0714. The van der Waals surface area contributed by atoms with Gasteiger partial charge in [-0.25, -0.2) is 4.98 Å². The summed E-state index contributed by atoms with van der Waals surface area (Å²) in [6.07, 6.45) is 0. The number of nitrogens with two attached hydrogens (primary N) is 1. The first-order chi connectivity index (χ1) is 8.79. The molecule has 0 bridgehead atoms. The van der Waals surface area contributed by atoms with Gasteiger partial charge in [0.15, 0.2) is 11.3 Å². The highest BCUT2D eigenvalue weighted by Crippen LogP contribution is 2.35. The summed E-state index contributed by atoms with van der Waals surface area (Å²) in [7, 11) is 1.58. The van der Waals surface area contributed by atoms with Gasteiger partial charge in [-0.3, -0.25) is 0 Å². The molecule has 4 heteroatoms. The van der Waals surface area contributed by atoms with Gasteiger partial charge in [0, 0.05) is 0 Å². The van der Waals surface area contributed by atoms with Gasteiger partial charge in [0.05, 0.1) is 18.4 Å². The van der Waals surface area contributed by atoms with Crippen LogP contribution in [0.3, 0.4) is 0 Å². The number of aromatic nitrogens is 1. The molecule has 90 valence electrons. The molecule has 0 atom stereocenters. The van der Waals surface area contributed by atoms with Crippen LogP contribution in [-0.4, -0.2) is 12.1 Å². The van der Waals surface area contributed by atoms with Crippen LogP contribution in [0.1, 0.15) is 0 Å². The molecule has 0 aliphatic carbocycles. The lowest BCUT2D eigenvalue weighted by Gasteiger charge is -2.07. The zero-order chi connectivity index (χ0) is 12.5. The first kappa shape index (κ1) is 10.7. The molecule has 3 rings (SSSR count). The van der Waals surface area contributed by atoms with Crippen LogP contribution in [0.15, 0.2) is 46.9 Å². The van der Waals surface area contributed by atoms with Crippen LogP contribution in [-0.2, 0) is 0 Å². The average molecular weight is 240 g/mol. The molecule has 0 aliphatic heterocycles. The van der Waals surface area contributed by atoms with Crippen molar-refractivity contribution in [2.45, 2.75) is 0 Å². The zero-order valence-electron chi connectivity index (χ0n) is 9.88. The number of rotatable bonds is 2. The van der Waals surface area contributed by atoms with Gasteiger partial charge in [0.2, 0.25) is 5.89 Å². The smallest absolute Gasteiger partial charge is 0.231 e. The minimum absolute atomic E-state index is 0.514. The third-order valence-corrected chi connectivity index (χ3v) is 2.77. The maximum Gasteiger partial charge on any atom is 0.231 e. The van der Waals surface area contributed by atoms with Crippen molar-refractivity contribution in [3.63, 3.8) is 0 Å². The maximum absolute atomic E-state index is 5.87. The largest absolute Gasteiger partial charge is 0.494 e. The van der Waals surface area contributed by atoms with Crippen LogP contribution in [0.2, 0.25) is 0 Å². The molecule has 1 aromatic heterocycles. The van der Waals surface area contributed by atoms with E-state index in [9.17, 15) is 0 Å². The summed E-state index contributed by atoms with van der Waals surface area (Å²) >= 11 is 0. The Labute approximate surface area is 104 Å². The molecule has 0 fully saturated rings. The fourth-order valence-electron chi connectivity index (χ4n) is 1.94. The van der Waals surface area contributed by atoms with Crippen molar-refractivity contribution in [3.05, 3.63) is 42.5 Å². The van der Waals surface area contributed by atoms with Crippen molar-refractivity contribution in [2.24, 2.45) is 0 Å². The van der Waals surface area contributed by atoms with Crippen LogP contribution in [0, 0.1) is 0 Å². The summed E-state index contributed by atoms with van der Waals surface area (Å²) in [6.45, 7) is 0. The van der Waals surface area contributed by atoms with Crippen molar-refractivity contribution in [3.8, 4) is 17.2 Å². The first-order valence-corrected chi connectivity index (χ1v) is 5.58. The van der Waals surface area contributed by atoms with Crippen molar-refractivity contribution < 1.29 is 9.15 Å². The van der Waals surface area contributed by atoms with Crippen LogP contribution in [0.25, 0.3) is 22.6 Å². The second-order valence-electron chi connectivity index (χ2n) is 3.91. The Morgan fingerprint density at radius 1 is 1.11 bits per heavy atom. The van der Waals surface area contributed by atoms with Gasteiger partial charge in [-0.2, -0.15) is 0 Å². The molecule has 0 saturated heterocycles. The van der Waals surface area contributed by atoms with Crippen molar-refractivity contribution in [1.29, 1.82) is 0 Å². The van der Waals surface area contributed by atoms with Gasteiger partial charge in [0.25, 0.3) is 0 Å². The molecule has 2 N–H and O–H groups in total. The highest BCUT2D eigenvalue weighted by atomic mass is 16.5. The second-order valence-corrected chi connectivity index (χ2v) is 3.91. The van der Waals surface area contributed by atoms with Gasteiger partial charge in [-0.05, 0) is 24.3 Å². The van der Waals surface area contributed by atoms with E-state index >= 15 is 0 Å². The molecule has 0 radical (unpaired) electrons. The van der Waals surface area contributed by atoms with Crippen LogP contribution in [0.5, 0.6) is 5.75 Å². The predicted octanol–water partition coefficient (Wildman–Crippen LogP) is 3.09. The van der Waals surface area contributed by atoms with Crippen molar-refractivity contribution in [1.82, 2.24) is 4.98 Å². The SMILES string of the molecule is COc1c(N)cccc1-c1nc2ccccc2o1. The van der Waals surface area contributed by atoms with E-state index in [0.29, 0.717) is 17.3 Å². The lowest BCUT2D eigenvalue weighted by molar-refractivity contribution is 0.417. The second kappa shape index (κ2) is 4.07. The summed E-state index contributed by atoms with van der Waals surface area (Å²) in [5.41, 5.74) is 8.76. The Morgan fingerprint density at radius 3 is 2.72 bits per heavy atom. The predicted molar refractivity (Wildman–Crippen MR) is 70.4 cm³/mol. The zero-order valence-corrected chi connectivity index (χ0v) is 9.88. The number of fused-ring (bicyclic) bond motifs is 1. The minimum Gasteiger partial charge on any atom is -0.494 e. The lowest BCUT2D eigenvalue weighted by atomic mass is 10.1. The summed E-state index contributed by atoms with van der Waals surface area (Å²) in [6, 6.07) is 13.1. The molecule has 0 saturated carbocycles. The Kier molecular flexibility index (Phi) is 2.41. The molecular formula is C14H12N2O2. The van der Waals surface area contributed by atoms with E-state index in [0.717, 1.165) is 16.7 Å². The van der Waals surface area contributed by atoms with E-state index in [1.54, 1.807) is 13.2 Å². The van der Waals surface area contributed by atoms with Gasteiger partial charge < -0.3 is 14.9 Å². The van der Waals surface area contributed by atoms with Crippen LogP contribution < -0.4 is 10.5 Å². The Bertz CT molecular complexity index is 671. The monoisotopic (exact) mass is 240 g/mol. The Balaban J connectivity index is 2.23. The number of oxazole rings is 1. The molecule has 4 nitrogen and oxygen atoms in total. The summed E-state index contributed by atoms with van der Waals surface area (Å²) in [5, 5.41) is 0. The third-order valence-electron chi connectivity index (χ3n) is 2.77. The topological polar surface area (TPSA) is 61.3 Å². The van der Waals surface area contributed by atoms with E-state index in [-0.39, 0.29) is 0 Å². The number of ether oxygens (including phenoxy) is 1. The Morgan fingerprint density at radius 2 is 1.94 bits per heavy atom. The van der Waals surface area contributed by atoms with Crippen molar-refractivity contribution in [2.75, 3.05) is 12.8 Å². The van der Waals surface area contributed by atoms with Gasteiger partial charge in [-0.1, -0.05) is 18.2 Å². The summed E-state index contributed by atoms with van der Waals surface area (Å²) < 4.78 is 11.0. The van der Waals surface area contributed by atoms with Crippen molar-refractivity contribution >= 4 is 16.8 Å². The molecule has 2 aromatic carbocycles. The molecule has 1 heterocycles. The summed E-state index contributed by atoms with van der Waals surface area (Å²) in [4.78, 5) is 4.43. The highest BCUT2D eigenvalue weighted by Gasteiger charge is 2.14. The van der Waals surface area contributed by atoms with E-state index < -0.39 is 0 Å². The summed E-state index contributed by atoms with van der Waals surface area (Å²) in [5.74, 6) is 1.10. The van der Waals surface area contributed by atoms with E-state index in [2.05, 4.69) is 4.98 Å². The van der Waals surface area contributed by atoms with Gasteiger partial charge >= 0.3 is 0 Å².